The molecule has 1 N–H and O–H groups in total. The van der Waals surface area contributed by atoms with E-state index in [1.807, 2.05) is 12.1 Å². The van der Waals surface area contributed by atoms with Crippen molar-refractivity contribution in [2.75, 3.05) is 0 Å². The third-order valence-corrected chi connectivity index (χ3v) is 4.74. The Morgan fingerprint density at radius 1 is 1.17 bits per heavy atom. The molecule has 0 spiro atoms. The molecule has 120 valence electrons. The van der Waals surface area contributed by atoms with Crippen LogP contribution in [0.2, 0.25) is 0 Å². The molecule has 2 aliphatic rings. The highest BCUT2D eigenvalue weighted by molar-refractivity contribution is 5.89. The molecular formula is C19H16N2O3. The molecule has 4 rings (SSSR count). The first-order chi connectivity index (χ1) is 11.6. The zero-order valence-electron chi connectivity index (χ0n) is 13.0. The van der Waals surface area contributed by atoms with E-state index in [-0.39, 0.29) is 11.6 Å². The van der Waals surface area contributed by atoms with Crippen molar-refractivity contribution in [2.24, 2.45) is 0 Å². The second-order valence-corrected chi connectivity index (χ2v) is 6.58. The molecule has 2 aromatic rings. The smallest absolute Gasteiger partial charge is 0.341 e. The highest BCUT2D eigenvalue weighted by atomic mass is 16.4. The Labute approximate surface area is 138 Å². The first-order valence-electron chi connectivity index (χ1n) is 8.12. The van der Waals surface area contributed by atoms with Gasteiger partial charge in [-0.25, -0.2) is 4.79 Å². The maximum atomic E-state index is 12.3. The fourth-order valence-electron chi connectivity index (χ4n) is 3.12. The number of rotatable bonds is 4. The first kappa shape index (κ1) is 14.7. The van der Waals surface area contributed by atoms with E-state index < -0.39 is 11.5 Å². The molecule has 2 fully saturated rings. The maximum Gasteiger partial charge on any atom is 0.341 e. The van der Waals surface area contributed by atoms with Gasteiger partial charge in [0.25, 0.3) is 5.56 Å². The highest BCUT2D eigenvalue weighted by Crippen LogP contribution is 2.42. The molecule has 0 radical (unpaired) electrons. The van der Waals surface area contributed by atoms with Gasteiger partial charge in [0.1, 0.15) is 5.56 Å². The number of benzene rings is 1. The molecule has 1 heterocycles. The quantitative estimate of drug-likeness (QED) is 0.937. The van der Waals surface area contributed by atoms with Crippen molar-refractivity contribution in [3.63, 3.8) is 0 Å². The Morgan fingerprint density at radius 2 is 1.92 bits per heavy atom. The molecule has 0 bridgehead atoms. The first-order valence-corrected chi connectivity index (χ1v) is 8.12. The molecule has 0 atom stereocenters. The lowest BCUT2D eigenvalue weighted by Crippen LogP contribution is -2.25. The molecule has 0 saturated heterocycles. The normalized spacial score (nSPS) is 16.6. The molecule has 24 heavy (non-hydrogen) atoms. The average Bonchev–Trinajstić information content (AvgIpc) is 3.47. The van der Waals surface area contributed by atoms with Crippen molar-refractivity contribution >= 4 is 5.97 Å². The van der Waals surface area contributed by atoms with Gasteiger partial charge in [0.2, 0.25) is 0 Å². The number of aromatic nitrogens is 1. The van der Waals surface area contributed by atoms with Gasteiger partial charge in [-0.15, -0.1) is 0 Å². The molecule has 5 heteroatoms. The van der Waals surface area contributed by atoms with Crippen LogP contribution in [0.4, 0.5) is 0 Å². The van der Waals surface area contributed by atoms with Crippen LogP contribution in [0.1, 0.15) is 59.1 Å². The van der Waals surface area contributed by atoms with Gasteiger partial charge in [0, 0.05) is 12.2 Å². The predicted molar refractivity (Wildman–Crippen MR) is 88.1 cm³/mol. The third kappa shape index (κ3) is 2.50. The monoisotopic (exact) mass is 320 g/mol. The van der Waals surface area contributed by atoms with Crippen molar-refractivity contribution in [1.82, 2.24) is 4.57 Å². The van der Waals surface area contributed by atoms with Crippen molar-refractivity contribution in [2.45, 2.75) is 37.6 Å². The van der Waals surface area contributed by atoms with Crippen molar-refractivity contribution in [1.29, 1.82) is 5.26 Å². The van der Waals surface area contributed by atoms with E-state index >= 15 is 0 Å². The molecule has 0 aliphatic heterocycles. The van der Waals surface area contributed by atoms with Gasteiger partial charge in [-0.05, 0) is 60.4 Å². The van der Waals surface area contributed by atoms with Crippen LogP contribution in [-0.4, -0.2) is 15.6 Å². The number of aromatic carboxylic acids is 1. The Bertz CT molecular complexity index is 944. The van der Waals surface area contributed by atoms with Gasteiger partial charge in [0.15, 0.2) is 0 Å². The fourth-order valence-corrected chi connectivity index (χ4v) is 3.12. The highest BCUT2D eigenvalue weighted by Gasteiger charge is 2.28. The van der Waals surface area contributed by atoms with E-state index in [1.54, 1.807) is 12.3 Å². The van der Waals surface area contributed by atoms with E-state index in [2.05, 4.69) is 6.07 Å². The fraction of sp³-hybridized carbons (Fsp3) is 0.316. The summed E-state index contributed by atoms with van der Waals surface area (Å²) in [7, 11) is 0. The summed E-state index contributed by atoms with van der Waals surface area (Å²) in [5.41, 5.74) is 2.46. The summed E-state index contributed by atoms with van der Waals surface area (Å²) >= 11 is 0. The molecule has 1 aromatic heterocycles. The van der Waals surface area contributed by atoms with Crippen LogP contribution in [0.5, 0.6) is 0 Å². The summed E-state index contributed by atoms with van der Waals surface area (Å²) in [5, 5.41) is 18.7. The maximum absolute atomic E-state index is 12.3. The van der Waals surface area contributed by atoms with E-state index in [0.717, 1.165) is 36.8 Å². The summed E-state index contributed by atoms with van der Waals surface area (Å²) in [4.78, 5) is 23.7. The number of nitriles is 1. The molecule has 1 aromatic carbocycles. The summed E-state index contributed by atoms with van der Waals surface area (Å²) in [6, 6.07) is 9.42. The minimum absolute atomic E-state index is 0.0942. The van der Waals surface area contributed by atoms with Crippen molar-refractivity contribution in [3.05, 3.63) is 57.5 Å². The van der Waals surface area contributed by atoms with E-state index in [4.69, 9.17) is 0 Å². The lowest BCUT2D eigenvalue weighted by atomic mass is 9.97. The van der Waals surface area contributed by atoms with Gasteiger partial charge < -0.3 is 9.67 Å². The van der Waals surface area contributed by atoms with Gasteiger partial charge in [-0.3, -0.25) is 4.79 Å². The molecule has 5 nitrogen and oxygen atoms in total. The lowest BCUT2D eigenvalue weighted by Gasteiger charge is -2.11. The Balaban J connectivity index is 1.85. The number of hydrogen-bond donors (Lipinski definition) is 1. The standard InChI is InChI=1S/C19H16N2O3/c20-9-13-7-12(3-6-16(13)11-1-2-11)14-8-17(19(23)24)18(22)21(10-14)15-4-5-15/h3,6-8,10-11,15H,1-2,4-5H2,(H,23,24). The summed E-state index contributed by atoms with van der Waals surface area (Å²) in [6.07, 6.45) is 5.74. The molecule has 0 amide bonds. The second-order valence-electron chi connectivity index (χ2n) is 6.58. The van der Waals surface area contributed by atoms with Crippen LogP contribution in [0.3, 0.4) is 0 Å². The predicted octanol–water partition coefficient (Wildman–Crippen LogP) is 3.30. The van der Waals surface area contributed by atoms with Gasteiger partial charge in [-0.2, -0.15) is 5.26 Å². The lowest BCUT2D eigenvalue weighted by molar-refractivity contribution is 0.0694. The number of hydrogen-bond acceptors (Lipinski definition) is 3. The number of carboxylic acid groups (broad SMARTS) is 1. The van der Waals surface area contributed by atoms with Crippen LogP contribution in [-0.2, 0) is 0 Å². The summed E-state index contributed by atoms with van der Waals surface area (Å²) in [6.45, 7) is 0. The van der Waals surface area contributed by atoms with Gasteiger partial charge in [-0.1, -0.05) is 12.1 Å². The zero-order chi connectivity index (χ0) is 16.8. The summed E-state index contributed by atoms with van der Waals surface area (Å²) in [5.74, 6) is -0.741. The van der Waals surface area contributed by atoms with Crippen molar-refractivity contribution < 1.29 is 9.90 Å². The molecule has 0 unspecified atom stereocenters. The minimum Gasteiger partial charge on any atom is -0.477 e. The van der Waals surface area contributed by atoms with E-state index in [9.17, 15) is 20.0 Å². The van der Waals surface area contributed by atoms with Crippen LogP contribution < -0.4 is 5.56 Å². The summed E-state index contributed by atoms with van der Waals surface area (Å²) < 4.78 is 1.53. The van der Waals surface area contributed by atoms with Crippen LogP contribution in [0.15, 0.2) is 35.3 Å². The Kier molecular flexibility index (Phi) is 3.27. The topological polar surface area (TPSA) is 83.1 Å². The van der Waals surface area contributed by atoms with Crippen LogP contribution >= 0.6 is 0 Å². The SMILES string of the molecule is N#Cc1cc(-c2cc(C(=O)O)c(=O)n(C3CC3)c2)ccc1C1CC1. The number of nitrogens with zero attached hydrogens (tertiary/aromatic N) is 2. The largest absolute Gasteiger partial charge is 0.477 e. The van der Waals surface area contributed by atoms with Gasteiger partial charge >= 0.3 is 5.97 Å². The van der Waals surface area contributed by atoms with Crippen LogP contribution in [0.25, 0.3) is 11.1 Å². The molecule has 2 saturated carbocycles. The van der Waals surface area contributed by atoms with Gasteiger partial charge in [0.05, 0.1) is 11.6 Å². The van der Waals surface area contributed by atoms with E-state index in [1.165, 1.54) is 10.6 Å². The second kappa shape index (κ2) is 5.34. The molecule has 2 aliphatic carbocycles. The molecular weight excluding hydrogens is 304 g/mol. The third-order valence-electron chi connectivity index (χ3n) is 4.74. The zero-order valence-corrected chi connectivity index (χ0v) is 13.0. The van der Waals surface area contributed by atoms with Crippen LogP contribution in [0, 0.1) is 11.3 Å². The Morgan fingerprint density at radius 3 is 2.50 bits per heavy atom. The van der Waals surface area contributed by atoms with Crippen molar-refractivity contribution in [3.8, 4) is 17.2 Å². The minimum atomic E-state index is -1.22. The number of carbonyl (C=O) groups is 1. The Hall–Kier alpha value is -2.87. The average molecular weight is 320 g/mol. The number of carboxylic acids is 1. The number of pyridine rings is 1. The van der Waals surface area contributed by atoms with E-state index in [0.29, 0.717) is 17.0 Å².